The Morgan fingerprint density at radius 2 is 2.29 bits per heavy atom. The van der Waals surface area contributed by atoms with Crippen molar-refractivity contribution >= 4 is 27.4 Å². The number of furan rings is 1. The number of pyridine rings is 1. The normalized spacial score (nSPS) is 11.2. The minimum Gasteiger partial charge on any atom is -0.472 e. The van der Waals surface area contributed by atoms with Gasteiger partial charge in [0, 0.05) is 16.2 Å². The van der Waals surface area contributed by atoms with Crippen LogP contribution in [0, 0.1) is 6.92 Å². The number of nitrogens with two attached hydrogens (primary N) is 1. The molecule has 2 N–H and O–H groups in total. The monoisotopic (exact) mass is 291 g/mol. The first-order chi connectivity index (χ1) is 8.16. The van der Waals surface area contributed by atoms with Gasteiger partial charge in [-0.1, -0.05) is 0 Å². The van der Waals surface area contributed by atoms with Gasteiger partial charge in [-0.15, -0.1) is 0 Å². The summed E-state index contributed by atoms with van der Waals surface area (Å²) in [4.78, 5) is 4.55. The number of imidazole rings is 1. The molecular weight excluding hydrogens is 282 g/mol. The molecule has 5 heteroatoms. The van der Waals surface area contributed by atoms with E-state index < -0.39 is 0 Å². The number of rotatable bonds is 1. The molecule has 3 aromatic heterocycles. The first kappa shape index (κ1) is 10.4. The fraction of sp³-hybridized carbons (Fsp3) is 0.0833. The van der Waals surface area contributed by atoms with Crippen molar-refractivity contribution in [1.29, 1.82) is 0 Å². The maximum absolute atomic E-state index is 6.11. The Morgan fingerprint density at radius 1 is 1.47 bits per heavy atom. The van der Waals surface area contributed by atoms with Crippen molar-refractivity contribution < 1.29 is 4.42 Å². The molecule has 0 spiro atoms. The molecule has 0 fully saturated rings. The van der Waals surface area contributed by atoms with Gasteiger partial charge in [0.15, 0.2) is 0 Å². The average molecular weight is 292 g/mol. The third-order valence-electron chi connectivity index (χ3n) is 2.70. The molecule has 4 nitrogen and oxygen atoms in total. The Labute approximate surface area is 106 Å². The molecule has 0 amide bonds. The number of aryl methyl sites for hydroxylation is 1. The number of hydrogen-bond donors (Lipinski definition) is 1. The summed E-state index contributed by atoms with van der Waals surface area (Å²) in [5.74, 6) is 0.616. The van der Waals surface area contributed by atoms with Gasteiger partial charge in [0.2, 0.25) is 0 Å². The van der Waals surface area contributed by atoms with Gasteiger partial charge in [-0.05, 0) is 40.5 Å². The number of hydrogen-bond acceptors (Lipinski definition) is 3. The van der Waals surface area contributed by atoms with E-state index in [-0.39, 0.29) is 0 Å². The lowest BCUT2D eigenvalue weighted by atomic mass is 10.2. The summed E-state index contributed by atoms with van der Waals surface area (Å²) >= 11 is 3.45. The molecule has 0 atom stereocenters. The molecule has 0 aliphatic heterocycles. The van der Waals surface area contributed by atoms with Crippen LogP contribution in [0.5, 0.6) is 0 Å². The average Bonchev–Trinajstić information content (AvgIpc) is 2.87. The predicted molar refractivity (Wildman–Crippen MR) is 69.7 cm³/mol. The Hall–Kier alpha value is -1.75. The van der Waals surface area contributed by atoms with Crippen LogP contribution < -0.4 is 5.73 Å². The zero-order valence-electron chi connectivity index (χ0n) is 9.14. The Morgan fingerprint density at radius 3 is 3.00 bits per heavy atom. The molecule has 3 rings (SSSR count). The highest BCUT2D eigenvalue weighted by Crippen LogP contribution is 2.29. The Bertz CT molecular complexity index is 685. The number of nitrogens with zero attached hydrogens (tertiary/aromatic N) is 2. The van der Waals surface area contributed by atoms with Crippen LogP contribution in [0.2, 0.25) is 0 Å². The fourth-order valence-corrected chi connectivity index (χ4v) is 2.45. The highest BCUT2D eigenvalue weighted by Gasteiger charge is 2.13. The van der Waals surface area contributed by atoms with Crippen molar-refractivity contribution in [3.63, 3.8) is 0 Å². The number of nitrogen functional groups attached to an aromatic ring is 1. The third-order valence-corrected chi connectivity index (χ3v) is 3.14. The van der Waals surface area contributed by atoms with Gasteiger partial charge in [-0.25, -0.2) is 4.98 Å². The molecule has 0 unspecified atom stereocenters. The lowest BCUT2D eigenvalue weighted by Crippen LogP contribution is -1.94. The van der Waals surface area contributed by atoms with Crippen molar-refractivity contribution in [2.24, 2.45) is 0 Å². The van der Waals surface area contributed by atoms with Crippen LogP contribution in [0.3, 0.4) is 0 Å². The Kier molecular flexibility index (Phi) is 2.22. The van der Waals surface area contributed by atoms with Crippen molar-refractivity contribution in [2.45, 2.75) is 6.92 Å². The molecule has 3 aromatic rings. The van der Waals surface area contributed by atoms with Crippen LogP contribution in [-0.2, 0) is 0 Å². The minimum absolute atomic E-state index is 0.616. The standard InChI is InChI=1S/C12H10BrN3O/c1-7-4-9(13)5-16-11(14)10(15-12(7)16)8-2-3-17-6-8/h2-6H,14H2,1H3. The van der Waals surface area contributed by atoms with E-state index >= 15 is 0 Å². The van der Waals surface area contributed by atoms with Crippen LogP contribution >= 0.6 is 15.9 Å². The third kappa shape index (κ3) is 1.54. The van der Waals surface area contributed by atoms with Crippen LogP contribution in [-0.4, -0.2) is 9.38 Å². The number of fused-ring (bicyclic) bond motifs is 1. The second-order valence-electron chi connectivity index (χ2n) is 3.89. The SMILES string of the molecule is Cc1cc(Br)cn2c(N)c(-c3ccoc3)nc12. The van der Waals surface area contributed by atoms with Crippen LogP contribution in [0.15, 0.2) is 39.7 Å². The maximum atomic E-state index is 6.11. The lowest BCUT2D eigenvalue weighted by Gasteiger charge is -2.00. The highest BCUT2D eigenvalue weighted by molar-refractivity contribution is 9.10. The second kappa shape index (κ2) is 3.63. The molecular formula is C12H10BrN3O. The van der Waals surface area contributed by atoms with Gasteiger partial charge in [0.1, 0.15) is 17.2 Å². The maximum Gasteiger partial charge on any atom is 0.142 e. The summed E-state index contributed by atoms with van der Waals surface area (Å²) in [5, 5.41) is 0. The summed E-state index contributed by atoms with van der Waals surface area (Å²) in [6, 6.07) is 3.86. The summed E-state index contributed by atoms with van der Waals surface area (Å²) < 4.78 is 7.91. The quantitative estimate of drug-likeness (QED) is 0.749. The van der Waals surface area contributed by atoms with Gasteiger partial charge < -0.3 is 10.2 Å². The summed E-state index contributed by atoms with van der Waals surface area (Å²) in [7, 11) is 0. The molecule has 0 aliphatic carbocycles. The number of halogens is 1. The molecule has 0 bridgehead atoms. The second-order valence-corrected chi connectivity index (χ2v) is 4.81. The molecule has 3 heterocycles. The highest BCUT2D eigenvalue weighted by atomic mass is 79.9. The first-order valence-electron chi connectivity index (χ1n) is 5.13. The molecule has 0 aliphatic rings. The predicted octanol–water partition coefficient (Wildman–Crippen LogP) is 3.25. The van der Waals surface area contributed by atoms with Gasteiger partial charge in [0.05, 0.1) is 12.5 Å². The van der Waals surface area contributed by atoms with Gasteiger partial charge >= 0.3 is 0 Å². The molecule has 0 aromatic carbocycles. The fourth-order valence-electron chi connectivity index (χ4n) is 1.90. The zero-order chi connectivity index (χ0) is 12.0. The summed E-state index contributed by atoms with van der Waals surface area (Å²) in [6.07, 6.45) is 5.17. The Balaban J connectivity index is 2.36. The minimum atomic E-state index is 0.616. The van der Waals surface area contributed by atoms with Gasteiger partial charge in [0.25, 0.3) is 0 Å². The van der Waals surface area contributed by atoms with Gasteiger partial charge in [-0.3, -0.25) is 4.40 Å². The summed E-state index contributed by atoms with van der Waals surface area (Å²) in [5.41, 5.74) is 9.68. The molecule has 17 heavy (non-hydrogen) atoms. The lowest BCUT2D eigenvalue weighted by molar-refractivity contribution is 0.568. The van der Waals surface area contributed by atoms with E-state index in [0.717, 1.165) is 26.9 Å². The van der Waals surface area contributed by atoms with Crippen LogP contribution in [0.4, 0.5) is 5.82 Å². The van der Waals surface area contributed by atoms with Crippen molar-refractivity contribution in [3.05, 3.63) is 40.9 Å². The molecule has 0 saturated heterocycles. The smallest absolute Gasteiger partial charge is 0.142 e. The van der Waals surface area contributed by atoms with E-state index in [1.54, 1.807) is 12.5 Å². The van der Waals surface area contributed by atoms with E-state index in [9.17, 15) is 0 Å². The van der Waals surface area contributed by atoms with Crippen molar-refractivity contribution in [2.75, 3.05) is 5.73 Å². The number of anilines is 1. The van der Waals surface area contributed by atoms with E-state index in [1.807, 2.05) is 29.7 Å². The van der Waals surface area contributed by atoms with Gasteiger partial charge in [-0.2, -0.15) is 0 Å². The van der Waals surface area contributed by atoms with E-state index in [4.69, 9.17) is 10.2 Å². The van der Waals surface area contributed by atoms with Crippen molar-refractivity contribution in [3.8, 4) is 11.3 Å². The summed E-state index contributed by atoms with van der Waals surface area (Å²) in [6.45, 7) is 2.01. The first-order valence-corrected chi connectivity index (χ1v) is 5.92. The number of aromatic nitrogens is 2. The molecule has 0 radical (unpaired) electrons. The van der Waals surface area contributed by atoms with E-state index in [2.05, 4.69) is 20.9 Å². The molecule has 86 valence electrons. The molecule has 0 saturated carbocycles. The zero-order valence-corrected chi connectivity index (χ0v) is 10.7. The van der Waals surface area contributed by atoms with E-state index in [0.29, 0.717) is 5.82 Å². The van der Waals surface area contributed by atoms with Crippen LogP contribution in [0.25, 0.3) is 16.9 Å². The van der Waals surface area contributed by atoms with Crippen molar-refractivity contribution in [1.82, 2.24) is 9.38 Å². The topological polar surface area (TPSA) is 56.5 Å². The van der Waals surface area contributed by atoms with Crippen LogP contribution in [0.1, 0.15) is 5.56 Å². The largest absolute Gasteiger partial charge is 0.472 e. The van der Waals surface area contributed by atoms with E-state index in [1.165, 1.54) is 0 Å².